The number of urea groups is 1. The van der Waals surface area contributed by atoms with E-state index in [0.29, 0.717) is 31.3 Å². The maximum Gasteiger partial charge on any atom is 0.323 e. The van der Waals surface area contributed by atoms with Crippen molar-refractivity contribution in [3.63, 3.8) is 0 Å². The van der Waals surface area contributed by atoms with Crippen molar-refractivity contribution in [2.45, 2.75) is 26.7 Å². The number of nitrogens with one attached hydrogen (secondary N) is 1. The van der Waals surface area contributed by atoms with Gasteiger partial charge < -0.3 is 14.2 Å². The third-order valence-electron chi connectivity index (χ3n) is 3.19. The van der Waals surface area contributed by atoms with Crippen LogP contribution in [0.5, 0.6) is 0 Å². The van der Waals surface area contributed by atoms with Crippen molar-refractivity contribution in [3.05, 3.63) is 11.8 Å². The molecule has 110 valence electrons. The fourth-order valence-electron chi connectivity index (χ4n) is 2.23. The molecule has 0 saturated carbocycles. The van der Waals surface area contributed by atoms with Gasteiger partial charge >= 0.3 is 12.0 Å². The molecular weight excluding hydrogens is 262 g/mol. The lowest BCUT2D eigenvalue weighted by molar-refractivity contribution is -0.149. The van der Waals surface area contributed by atoms with Crippen molar-refractivity contribution in [1.29, 1.82) is 0 Å². The predicted molar refractivity (Wildman–Crippen MR) is 71.2 cm³/mol. The van der Waals surface area contributed by atoms with Crippen LogP contribution in [0.4, 0.5) is 10.6 Å². The van der Waals surface area contributed by atoms with Gasteiger partial charge in [-0.15, -0.1) is 0 Å². The van der Waals surface area contributed by atoms with Gasteiger partial charge in [0.05, 0.1) is 12.5 Å². The van der Waals surface area contributed by atoms with Gasteiger partial charge in [0.2, 0.25) is 0 Å². The minimum Gasteiger partial charge on any atom is -0.466 e. The number of aryl methyl sites for hydroxylation is 1. The molecule has 1 saturated heterocycles. The maximum absolute atomic E-state index is 12.1. The van der Waals surface area contributed by atoms with E-state index < -0.39 is 0 Å². The SMILES string of the molecule is CCOC(=O)[C@H]1CCCN(C(=O)Nc2cc(C)on2)C1. The minimum atomic E-state index is -0.271. The molecule has 0 bridgehead atoms. The second-order valence-corrected chi connectivity index (χ2v) is 4.79. The highest BCUT2D eigenvalue weighted by Crippen LogP contribution is 2.19. The number of aromatic nitrogens is 1. The quantitative estimate of drug-likeness (QED) is 0.854. The van der Waals surface area contributed by atoms with Gasteiger partial charge in [-0.3, -0.25) is 10.1 Å². The van der Waals surface area contributed by atoms with Gasteiger partial charge in [-0.05, 0) is 26.7 Å². The first-order chi connectivity index (χ1) is 9.60. The molecule has 0 radical (unpaired) electrons. The molecule has 20 heavy (non-hydrogen) atoms. The normalized spacial score (nSPS) is 18.7. The Labute approximate surface area is 117 Å². The zero-order valence-electron chi connectivity index (χ0n) is 11.7. The molecule has 1 N–H and O–H groups in total. The predicted octanol–water partition coefficient (Wildman–Crippen LogP) is 1.79. The molecule has 2 amide bonds. The molecular formula is C13H19N3O4. The number of esters is 1. The topological polar surface area (TPSA) is 84.7 Å². The number of ether oxygens (including phenoxy) is 1. The van der Waals surface area contributed by atoms with Gasteiger partial charge in [-0.25, -0.2) is 4.79 Å². The zero-order valence-corrected chi connectivity index (χ0v) is 11.7. The Kier molecular flexibility index (Phi) is 4.60. The number of amides is 2. The van der Waals surface area contributed by atoms with Crippen LogP contribution in [-0.4, -0.2) is 41.8 Å². The van der Waals surface area contributed by atoms with E-state index in [1.807, 2.05) is 0 Å². The second-order valence-electron chi connectivity index (χ2n) is 4.79. The van der Waals surface area contributed by atoms with Gasteiger partial charge in [0.1, 0.15) is 5.76 Å². The number of anilines is 1. The molecule has 7 heteroatoms. The van der Waals surface area contributed by atoms with Crippen LogP contribution < -0.4 is 5.32 Å². The van der Waals surface area contributed by atoms with Crippen molar-refractivity contribution in [3.8, 4) is 0 Å². The molecule has 0 unspecified atom stereocenters. The number of carbonyl (C=O) groups excluding carboxylic acids is 2. The van der Waals surface area contributed by atoms with Crippen LogP contribution in [0.15, 0.2) is 10.6 Å². The third kappa shape index (κ3) is 3.49. The number of nitrogens with zero attached hydrogens (tertiary/aromatic N) is 2. The maximum atomic E-state index is 12.1. The highest BCUT2D eigenvalue weighted by Gasteiger charge is 2.29. The van der Waals surface area contributed by atoms with Gasteiger partial charge in [0.15, 0.2) is 5.82 Å². The van der Waals surface area contributed by atoms with Crippen molar-refractivity contribution in [2.75, 3.05) is 25.0 Å². The smallest absolute Gasteiger partial charge is 0.323 e. The van der Waals surface area contributed by atoms with E-state index in [-0.39, 0.29) is 17.9 Å². The molecule has 1 fully saturated rings. The van der Waals surface area contributed by atoms with Crippen LogP contribution in [0.25, 0.3) is 0 Å². The highest BCUT2D eigenvalue weighted by atomic mass is 16.5. The van der Waals surface area contributed by atoms with E-state index in [0.717, 1.165) is 12.8 Å². The van der Waals surface area contributed by atoms with Gasteiger partial charge in [0.25, 0.3) is 0 Å². The first-order valence-electron chi connectivity index (χ1n) is 6.76. The lowest BCUT2D eigenvalue weighted by Gasteiger charge is -2.31. The summed E-state index contributed by atoms with van der Waals surface area (Å²) < 4.78 is 9.89. The molecule has 0 aromatic carbocycles. The van der Waals surface area contributed by atoms with Crippen molar-refractivity contribution < 1.29 is 18.8 Å². The number of piperidine rings is 1. The molecule has 0 spiro atoms. The number of carbonyl (C=O) groups is 2. The lowest BCUT2D eigenvalue weighted by Crippen LogP contribution is -2.44. The second kappa shape index (κ2) is 6.40. The molecule has 2 rings (SSSR count). The molecule has 1 atom stereocenters. The van der Waals surface area contributed by atoms with Crippen molar-refractivity contribution >= 4 is 17.8 Å². The summed E-state index contributed by atoms with van der Waals surface area (Å²) in [7, 11) is 0. The third-order valence-corrected chi connectivity index (χ3v) is 3.19. The summed E-state index contributed by atoms with van der Waals surface area (Å²) in [5, 5.41) is 6.36. The van der Waals surface area contributed by atoms with E-state index in [2.05, 4.69) is 10.5 Å². The first kappa shape index (κ1) is 14.4. The fourth-order valence-corrected chi connectivity index (χ4v) is 2.23. The Morgan fingerprint density at radius 3 is 3.05 bits per heavy atom. The number of hydrogen-bond acceptors (Lipinski definition) is 5. The van der Waals surface area contributed by atoms with Crippen LogP contribution >= 0.6 is 0 Å². The zero-order chi connectivity index (χ0) is 14.5. The average molecular weight is 281 g/mol. The number of hydrogen-bond donors (Lipinski definition) is 1. The average Bonchev–Trinajstić information content (AvgIpc) is 2.84. The molecule has 0 aliphatic carbocycles. The summed E-state index contributed by atoms with van der Waals surface area (Å²) >= 11 is 0. The monoisotopic (exact) mass is 281 g/mol. The molecule has 1 aliphatic heterocycles. The molecule has 1 aliphatic rings. The summed E-state index contributed by atoms with van der Waals surface area (Å²) in [5.41, 5.74) is 0. The van der Waals surface area contributed by atoms with E-state index in [1.165, 1.54) is 0 Å². The molecule has 1 aromatic rings. The van der Waals surface area contributed by atoms with E-state index in [4.69, 9.17) is 9.26 Å². The van der Waals surface area contributed by atoms with Gasteiger partial charge in [0, 0.05) is 19.2 Å². The molecule has 7 nitrogen and oxygen atoms in total. The lowest BCUT2D eigenvalue weighted by atomic mass is 9.98. The minimum absolute atomic E-state index is 0.234. The Morgan fingerprint density at radius 1 is 1.60 bits per heavy atom. The molecule has 2 heterocycles. The Balaban J connectivity index is 1.91. The van der Waals surface area contributed by atoms with Crippen LogP contribution in [-0.2, 0) is 9.53 Å². The van der Waals surface area contributed by atoms with Gasteiger partial charge in [-0.1, -0.05) is 5.16 Å². The Morgan fingerprint density at radius 2 is 2.40 bits per heavy atom. The number of likely N-dealkylation sites (tertiary alicyclic amines) is 1. The summed E-state index contributed by atoms with van der Waals surface area (Å²) in [5.74, 6) is 0.532. The summed E-state index contributed by atoms with van der Waals surface area (Å²) in [6, 6.07) is 1.37. The Bertz CT molecular complexity index is 486. The van der Waals surface area contributed by atoms with E-state index >= 15 is 0 Å². The fraction of sp³-hybridized carbons (Fsp3) is 0.615. The van der Waals surface area contributed by atoms with E-state index in [1.54, 1.807) is 24.8 Å². The van der Waals surface area contributed by atoms with Crippen LogP contribution in [0, 0.1) is 12.8 Å². The van der Waals surface area contributed by atoms with Gasteiger partial charge in [-0.2, -0.15) is 0 Å². The standard InChI is InChI=1S/C13H19N3O4/c1-3-19-12(17)10-5-4-6-16(8-10)13(18)14-11-7-9(2)20-15-11/h7,10H,3-6,8H2,1-2H3,(H,14,15,18)/t10-/m0/s1. The van der Waals surface area contributed by atoms with Crippen molar-refractivity contribution in [1.82, 2.24) is 10.1 Å². The van der Waals surface area contributed by atoms with Crippen LogP contribution in [0.3, 0.4) is 0 Å². The highest BCUT2D eigenvalue weighted by molar-refractivity contribution is 5.88. The van der Waals surface area contributed by atoms with Crippen LogP contribution in [0.1, 0.15) is 25.5 Å². The van der Waals surface area contributed by atoms with Crippen LogP contribution in [0.2, 0.25) is 0 Å². The summed E-state index contributed by atoms with van der Waals surface area (Å²) in [6.07, 6.45) is 1.54. The Hall–Kier alpha value is -2.05. The summed E-state index contributed by atoms with van der Waals surface area (Å²) in [6.45, 7) is 4.89. The first-order valence-corrected chi connectivity index (χ1v) is 6.76. The largest absolute Gasteiger partial charge is 0.466 e. The molecule has 1 aromatic heterocycles. The summed E-state index contributed by atoms with van der Waals surface area (Å²) in [4.78, 5) is 25.4. The number of rotatable bonds is 3. The van der Waals surface area contributed by atoms with Crippen molar-refractivity contribution in [2.24, 2.45) is 5.92 Å². The van der Waals surface area contributed by atoms with E-state index in [9.17, 15) is 9.59 Å².